The van der Waals surface area contributed by atoms with Gasteiger partial charge in [0.25, 0.3) is 0 Å². The van der Waals surface area contributed by atoms with E-state index in [-0.39, 0.29) is 33.5 Å². The molecule has 0 radical (unpaired) electrons. The summed E-state index contributed by atoms with van der Waals surface area (Å²) in [6.45, 7) is 5.98. The number of benzene rings is 3. The van der Waals surface area contributed by atoms with Crippen LogP contribution in [0, 0.1) is 5.41 Å². The van der Waals surface area contributed by atoms with E-state index in [0.29, 0.717) is 21.9 Å². The number of hydrogen-bond donors (Lipinski definition) is 2. The van der Waals surface area contributed by atoms with E-state index in [1.54, 1.807) is 6.07 Å². The van der Waals surface area contributed by atoms with E-state index in [2.05, 4.69) is 4.99 Å². The van der Waals surface area contributed by atoms with Crippen LogP contribution in [-0.4, -0.2) is 31.5 Å². The second kappa shape index (κ2) is 9.59. The van der Waals surface area contributed by atoms with Gasteiger partial charge in [0.1, 0.15) is 5.84 Å². The summed E-state index contributed by atoms with van der Waals surface area (Å²) in [7, 11) is 1.43. The lowest BCUT2D eigenvalue weighted by atomic mass is 9.82. The molecule has 0 aliphatic rings. The molecule has 9 heteroatoms. The van der Waals surface area contributed by atoms with Gasteiger partial charge < -0.3 is 11.1 Å². The highest BCUT2D eigenvalue weighted by Crippen LogP contribution is 2.39. The van der Waals surface area contributed by atoms with E-state index in [1.165, 1.54) is 19.2 Å². The molecule has 3 aromatic carbocycles. The highest BCUT2D eigenvalue weighted by molar-refractivity contribution is 6.16. The summed E-state index contributed by atoms with van der Waals surface area (Å²) in [5, 5.41) is 9.18. The van der Waals surface area contributed by atoms with E-state index in [0.717, 1.165) is 17.8 Å². The number of halogens is 6. The molecule has 0 aliphatic heterocycles. The van der Waals surface area contributed by atoms with E-state index < -0.39 is 25.2 Å². The smallest absolute Gasteiger partial charge is 0.383 e. The molecule has 0 saturated carbocycles. The van der Waals surface area contributed by atoms with Crippen LogP contribution in [0.2, 0.25) is 0 Å². The van der Waals surface area contributed by atoms with Crippen LogP contribution >= 0.6 is 0 Å². The largest absolute Gasteiger partial charge is 0.393 e. The quantitative estimate of drug-likeness (QED) is 0.212. The summed E-state index contributed by atoms with van der Waals surface area (Å²) in [6, 6.07) is 10.7. The number of aliphatic imine (C=N–C) groups is 1. The predicted molar refractivity (Wildman–Crippen MR) is 132 cm³/mol. The maximum atomic E-state index is 13.3. The molecule has 3 nitrogen and oxygen atoms in total. The van der Waals surface area contributed by atoms with Crippen LogP contribution in [-0.2, 0) is 18.3 Å². The van der Waals surface area contributed by atoms with E-state index >= 15 is 0 Å². The normalized spacial score (nSPS) is 13.3. The average molecular weight is 508 g/mol. The Balaban J connectivity index is 2.50. The van der Waals surface area contributed by atoms with Gasteiger partial charge in [-0.2, -0.15) is 26.3 Å². The maximum Gasteiger partial charge on any atom is 0.393 e. The van der Waals surface area contributed by atoms with Gasteiger partial charge in [0.05, 0.1) is 12.8 Å². The van der Waals surface area contributed by atoms with Gasteiger partial charge in [0, 0.05) is 30.0 Å². The van der Waals surface area contributed by atoms with Crippen molar-refractivity contribution in [2.75, 3.05) is 7.05 Å². The van der Waals surface area contributed by atoms with Crippen molar-refractivity contribution >= 4 is 22.8 Å². The first-order chi connectivity index (χ1) is 16.5. The van der Waals surface area contributed by atoms with Crippen molar-refractivity contribution in [1.82, 2.24) is 0 Å². The highest BCUT2D eigenvalue weighted by Gasteiger charge is 2.31. The molecule has 0 fully saturated rings. The molecule has 3 N–H and O–H groups in total. The van der Waals surface area contributed by atoms with Crippen molar-refractivity contribution in [3.05, 3.63) is 70.3 Å². The molecular formula is C27H27F6N3. The molecule has 0 heterocycles. The summed E-state index contributed by atoms with van der Waals surface area (Å²) in [6.07, 6.45) is -10.9. The zero-order chi connectivity index (χ0) is 27.1. The summed E-state index contributed by atoms with van der Waals surface area (Å²) >= 11 is 0. The van der Waals surface area contributed by atoms with Gasteiger partial charge in [-0.05, 0) is 50.6 Å². The number of nitrogens with zero attached hydrogens (tertiary/aromatic N) is 1. The summed E-state index contributed by atoms with van der Waals surface area (Å²) in [5.41, 5.74) is 7.36. The van der Waals surface area contributed by atoms with Crippen LogP contribution in [0.1, 0.15) is 48.6 Å². The highest BCUT2D eigenvalue weighted by atomic mass is 19.4. The van der Waals surface area contributed by atoms with Crippen molar-refractivity contribution in [3.8, 4) is 11.1 Å². The standard InChI is InChI=1S/C27H27F6N3/c1-25(2,3)20-6-5-17-10-19(14-34)23(24(35)36-4)22(21(17)11-20)18-8-15(12-26(28,29)30)7-16(9-18)13-27(31,32)33/h5-11,14,34H,12-13H2,1-4H3,(H2,35,36). The molecule has 0 amide bonds. The minimum absolute atomic E-state index is 0.0187. The first-order valence-electron chi connectivity index (χ1n) is 11.1. The van der Waals surface area contributed by atoms with Crippen molar-refractivity contribution < 1.29 is 26.3 Å². The fraction of sp³-hybridized carbons (Fsp3) is 0.333. The molecule has 0 saturated heterocycles. The third-order valence-electron chi connectivity index (χ3n) is 5.84. The molecule has 192 valence electrons. The Bertz CT molecular complexity index is 1290. The average Bonchev–Trinajstić information content (AvgIpc) is 2.73. The van der Waals surface area contributed by atoms with Crippen LogP contribution in [0.25, 0.3) is 21.9 Å². The monoisotopic (exact) mass is 507 g/mol. The fourth-order valence-electron chi connectivity index (χ4n) is 4.26. The molecular weight excluding hydrogens is 480 g/mol. The number of hydrogen-bond acceptors (Lipinski definition) is 2. The number of amidine groups is 1. The van der Waals surface area contributed by atoms with Crippen LogP contribution < -0.4 is 5.73 Å². The first-order valence-corrected chi connectivity index (χ1v) is 11.1. The lowest BCUT2D eigenvalue weighted by molar-refractivity contribution is -0.127. The Morgan fingerprint density at radius 3 is 1.89 bits per heavy atom. The molecule has 3 rings (SSSR count). The second-order valence-electron chi connectivity index (χ2n) is 9.78. The van der Waals surface area contributed by atoms with Gasteiger partial charge in [-0.25, -0.2) is 0 Å². The van der Waals surface area contributed by atoms with Crippen molar-refractivity contribution in [2.45, 2.75) is 51.4 Å². The van der Waals surface area contributed by atoms with Gasteiger partial charge in [-0.15, -0.1) is 0 Å². The third-order valence-corrected chi connectivity index (χ3v) is 5.84. The van der Waals surface area contributed by atoms with Crippen LogP contribution in [0.15, 0.2) is 47.5 Å². The number of nitrogens with one attached hydrogen (secondary N) is 1. The Morgan fingerprint density at radius 2 is 1.44 bits per heavy atom. The third kappa shape index (κ3) is 6.25. The fourth-order valence-corrected chi connectivity index (χ4v) is 4.26. The van der Waals surface area contributed by atoms with E-state index in [9.17, 15) is 26.3 Å². The van der Waals surface area contributed by atoms with E-state index in [4.69, 9.17) is 11.1 Å². The number of rotatable bonds is 5. The summed E-state index contributed by atoms with van der Waals surface area (Å²) in [4.78, 5) is 4.03. The molecule has 0 bridgehead atoms. The van der Waals surface area contributed by atoms with Crippen molar-refractivity contribution in [2.24, 2.45) is 10.7 Å². The number of fused-ring (bicyclic) bond motifs is 1. The molecule has 0 atom stereocenters. The zero-order valence-corrected chi connectivity index (χ0v) is 20.3. The molecule has 3 aromatic rings. The van der Waals surface area contributed by atoms with Gasteiger partial charge in [0.15, 0.2) is 0 Å². The van der Waals surface area contributed by atoms with Gasteiger partial charge in [-0.1, -0.05) is 51.1 Å². The van der Waals surface area contributed by atoms with Crippen molar-refractivity contribution in [3.63, 3.8) is 0 Å². The molecule has 0 unspecified atom stereocenters. The van der Waals surface area contributed by atoms with Gasteiger partial charge in [-0.3, -0.25) is 4.99 Å². The molecule has 0 aromatic heterocycles. The topological polar surface area (TPSA) is 62.2 Å². The van der Waals surface area contributed by atoms with Gasteiger partial charge in [0.2, 0.25) is 0 Å². The number of nitrogens with two attached hydrogens (primary N) is 1. The SMILES string of the molecule is CN=C(N)c1c(C=N)cc2ccc(C(C)(C)C)cc2c1-c1cc(CC(F)(F)F)cc(CC(F)(F)F)c1. The molecule has 0 aliphatic carbocycles. The minimum atomic E-state index is -4.61. The predicted octanol–water partition coefficient (Wildman–Crippen LogP) is 7.35. The maximum absolute atomic E-state index is 13.3. The Hall–Kier alpha value is -3.36. The lowest BCUT2D eigenvalue weighted by Crippen LogP contribution is -2.18. The Labute approximate surface area is 205 Å². The van der Waals surface area contributed by atoms with Crippen LogP contribution in [0.4, 0.5) is 26.3 Å². The summed E-state index contributed by atoms with van der Waals surface area (Å²) in [5.74, 6) is 0.0187. The van der Waals surface area contributed by atoms with Crippen molar-refractivity contribution in [1.29, 1.82) is 5.41 Å². The second-order valence-corrected chi connectivity index (χ2v) is 9.78. The molecule has 0 spiro atoms. The van der Waals surface area contributed by atoms with Crippen LogP contribution in [0.3, 0.4) is 0 Å². The van der Waals surface area contributed by atoms with E-state index in [1.807, 2.05) is 39.0 Å². The zero-order valence-electron chi connectivity index (χ0n) is 20.3. The molecule has 36 heavy (non-hydrogen) atoms. The van der Waals surface area contributed by atoms with Crippen LogP contribution in [0.5, 0.6) is 0 Å². The Morgan fingerprint density at radius 1 is 0.889 bits per heavy atom. The Kier molecular flexibility index (Phi) is 7.26. The number of alkyl halides is 6. The van der Waals surface area contributed by atoms with Gasteiger partial charge >= 0.3 is 12.4 Å². The summed E-state index contributed by atoms with van der Waals surface area (Å²) < 4.78 is 79.6. The minimum Gasteiger partial charge on any atom is -0.383 e. The lowest BCUT2D eigenvalue weighted by Gasteiger charge is -2.23. The first kappa shape index (κ1) is 27.2.